The van der Waals surface area contributed by atoms with E-state index in [4.69, 9.17) is 21.1 Å². The first kappa shape index (κ1) is 24.4. The average Bonchev–Trinajstić information content (AvgIpc) is 3.07. The van der Waals surface area contributed by atoms with E-state index in [1.54, 1.807) is 24.3 Å². The fraction of sp³-hybridized carbons (Fsp3) is 0.346. The lowest BCUT2D eigenvalue weighted by Gasteiger charge is -2.33. The smallest absolute Gasteiger partial charge is 0.248 e. The Labute approximate surface area is 213 Å². The fourth-order valence-electron chi connectivity index (χ4n) is 4.73. The van der Waals surface area contributed by atoms with Crippen LogP contribution in [0.2, 0.25) is 5.02 Å². The van der Waals surface area contributed by atoms with Crippen LogP contribution in [-0.4, -0.2) is 59.2 Å². The molecule has 2 saturated heterocycles. The summed E-state index contributed by atoms with van der Waals surface area (Å²) in [5.74, 6) is 0.232. The molecule has 10 heteroatoms. The van der Waals surface area contributed by atoms with Crippen LogP contribution >= 0.6 is 11.6 Å². The third-order valence-electron chi connectivity index (χ3n) is 6.45. The van der Waals surface area contributed by atoms with Crippen molar-refractivity contribution in [2.45, 2.75) is 31.8 Å². The van der Waals surface area contributed by atoms with E-state index in [-0.39, 0.29) is 10.9 Å². The summed E-state index contributed by atoms with van der Waals surface area (Å²) in [5.41, 5.74) is 1.70. The lowest BCUT2D eigenvalue weighted by Crippen LogP contribution is -2.45. The largest absolute Gasteiger partial charge is 0.492 e. The minimum absolute atomic E-state index is 0.00168. The molecule has 2 aliphatic rings. The maximum Gasteiger partial charge on any atom is 0.248 e. The zero-order valence-corrected chi connectivity index (χ0v) is 20.6. The normalized spacial score (nSPS) is 19.6. The molecule has 2 unspecified atom stereocenters. The zero-order valence-electron chi connectivity index (χ0n) is 19.8. The first-order valence-corrected chi connectivity index (χ1v) is 12.3. The lowest BCUT2D eigenvalue weighted by atomic mass is 10.1. The van der Waals surface area contributed by atoms with Gasteiger partial charge in [-0.2, -0.15) is 0 Å². The van der Waals surface area contributed by atoms with Crippen LogP contribution in [-0.2, 0) is 9.53 Å². The van der Waals surface area contributed by atoms with Crippen molar-refractivity contribution in [2.24, 2.45) is 0 Å². The van der Waals surface area contributed by atoms with E-state index in [9.17, 15) is 9.18 Å². The van der Waals surface area contributed by atoms with Crippen molar-refractivity contribution in [1.29, 1.82) is 0 Å². The Morgan fingerprint density at radius 3 is 2.81 bits per heavy atom. The lowest BCUT2D eigenvalue weighted by molar-refractivity contribution is -0.112. The van der Waals surface area contributed by atoms with Gasteiger partial charge in [0.05, 0.1) is 36.0 Å². The van der Waals surface area contributed by atoms with Crippen LogP contribution in [0.4, 0.5) is 21.6 Å². The number of rotatable bonds is 8. The first-order chi connectivity index (χ1) is 17.5. The predicted octanol–water partition coefficient (Wildman–Crippen LogP) is 4.92. The van der Waals surface area contributed by atoms with Crippen molar-refractivity contribution < 1.29 is 18.7 Å². The van der Waals surface area contributed by atoms with Gasteiger partial charge in [-0.05, 0) is 44.0 Å². The van der Waals surface area contributed by atoms with Gasteiger partial charge < -0.3 is 20.1 Å². The number of nitrogens with zero attached hydrogens (tertiary/aromatic N) is 3. The molecule has 2 fully saturated rings. The van der Waals surface area contributed by atoms with Crippen molar-refractivity contribution in [1.82, 2.24) is 14.9 Å². The summed E-state index contributed by atoms with van der Waals surface area (Å²) in [6, 6.07) is 8.72. The molecule has 2 N–H and O–H groups in total. The highest BCUT2D eigenvalue weighted by atomic mass is 35.5. The Morgan fingerprint density at radius 2 is 2.06 bits per heavy atom. The molecule has 1 amide bonds. The van der Waals surface area contributed by atoms with Gasteiger partial charge in [-0.15, -0.1) is 0 Å². The van der Waals surface area contributed by atoms with Gasteiger partial charge in [0.15, 0.2) is 0 Å². The minimum Gasteiger partial charge on any atom is -0.492 e. The number of ether oxygens (including phenoxy) is 2. The van der Waals surface area contributed by atoms with E-state index in [1.807, 2.05) is 13.0 Å². The molecule has 2 bridgehead atoms. The van der Waals surface area contributed by atoms with Crippen LogP contribution in [0.15, 0.2) is 48.8 Å². The van der Waals surface area contributed by atoms with Crippen LogP contribution < -0.4 is 15.4 Å². The maximum atomic E-state index is 13.6. The highest BCUT2D eigenvalue weighted by Crippen LogP contribution is 2.34. The quantitative estimate of drug-likeness (QED) is 0.415. The van der Waals surface area contributed by atoms with Crippen molar-refractivity contribution >= 4 is 45.6 Å². The summed E-state index contributed by atoms with van der Waals surface area (Å²) in [6.45, 7) is 4.53. The van der Waals surface area contributed by atoms with E-state index in [1.165, 1.54) is 18.5 Å². The molecule has 0 saturated carbocycles. The number of morpholine rings is 1. The van der Waals surface area contributed by atoms with Crippen molar-refractivity contribution in [3.05, 3.63) is 59.7 Å². The summed E-state index contributed by atoms with van der Waals surface area (Å²) in [4.78, 5) is 23.9. The molecule has 36 heavy (non-hydrogen) atoms. The standard InChI is InChI=1S/C26H27ClFN5O3/c1-2-36-24-12-22-19(26(30-15-29-22)31-16-5-8-21(28)20(27)10-16)11-23(24)32-25(34)4-3-9-33-17-6-7-18(33)14-35-13-17/h3-5,8,10-12,15,17-18H,2,6-7,9,13-14H2,1H3,(H,32,34)(H,29,30,31)/b4-3+. The van der Waals surface area contributed by atoms with Gasteiger partial charge in [0.25, 0.3) is 0 Å². The molecule has 5 rings (SSSR count). The molecule has 0 spiro atoms. The van der Waals surface area contributed by atoms with Crippen molar-refractivity contribution in [3.63, 3.8) is 0 Å². The summed E-state index contributed by atoms with van der Waals surface area (Å²) >= 11 is 5.92. The zero-order chi connectivity index (χ0) is 25.1. The molecule has 0 radical (unpaired) electrons. The van der Waals surface area contributed by atoms with Crippen LogP contribution in [0.1, 0.15) is 19.8 Å². The molecule has 2 aromatic carbocycles. The Hall–Kier alpha value is -3.27. The number of hydrogen-bond donors (Lipinski definition) is 2. The highest BCUT2D eigenvalue weighted by molar-refractivity contribution is 6.31. The van der Waals surface area contributed by atoms with Gasteiger partial charge in [0.1, 0.15) is 23.7 Å². The molecular formula is C26H27ClFN5O3. The van der Waals surface area contributed by atoms with E-state index in [0.29, 0.717) is 59.1 Å². The van der Waals surface area contributed by atoms with Crippen LogP contribution in [0.25, 0.3) is 10.9 Å². The number of anilines is 3. The Morgan fingerprint density at radius 1 is 1.25 bits per heavy atom. The SMILES string of the molecule is CCOc1cc2ncnc(Nc3ccc(F)c(Cl)c3)c2cc1NC(=O)/C=C/CN1C2CCC1COC2. The molecule has 188 valence electrons. The van der Waals surface area contributed by atoms with Crippen LogP contribution in [0, 0.1) is 5.82 Å². The second-order valence-electron chi connectivity index (χ2n) is 8.79. The number of benzene rings is 2. The van der Waals surface area contributed by atoms with Gasteiger partial charge in [-0.3, -0.25) is 9.69 Å². The van der Waals surface area contributed by atoms with Gasteiger partial charge in [0.2, 0.25) is 5.91 Å². The average molecular weight is 512 g/mol. The molecule has 2 aliphatic heterocycles. The van der Waals surface area contributed by atoms with Gasteiger partial charge >= 0.3 is 0 Å². The molecule has 3 heterocycles. The minimum atomic E-state index is -0.504. The molecule has 3 aromatic rings. The first-order valence-electron chi connectivity index (χ1n) is 12.0. The van der Waals surface area contributed by atoms with E-state index in [0.717, 1.165) is 26.1 Å². The van der Waals surface area contributed by atoms with E-state index in [2.05, 4.69) is 25.5 Å². The predicted molar refractivity (Wildman–Crippen MR) is 138 cm³/mol. The second-order valence-corrected chi connectivity index (χ2v) is 9.19. The third kappa shape index (κ3) is 5.28. The topological polar surface area (TPSA) is 88.6 Å². The number of fused-ring (bicyclic) bond motifs is 3. The third-order valence-corrected chi connectivity index (χ3v) is 6.74. The number of amides is 1. The number of nitrogens with one attached hydrogen (secondary N) is 2. The maximum absolute atomic E-state index is 13.6. The van der Waals surface area contributed by atoms with E-state index < -0.39 is 5.82 Å². The van der Waals surface area contributed by atoms with Crippen molar-refractivity contribution in [2.75, 3.05) is 37.0 Å². The Kier molecular flexibility index (Phi) is 7.31. The molecule has 2 atom stereocenters. The van der Waals surface area contributed by atoms with Gasteiger partial charge in [-0.25, -0.2) is 14.4 Å². The highest BCUT2D eigenvalue weighted by Gasteiger charge is 2.36. The summed E-state index contributed by atoms with van der Waals surface area (Å²) in [5, 5.41) is 6.73. The molecule has 0 aliphatic carbocycles. The molecule has 1 aromatic heterocycles. The number of carbonyl (C=O) groups is 1. The summed E-state index contributed by atoms with van der Waals surface area (Å²) < 4.78 is 25.0. The number of carbonyl (C=O) groups excluding carboxylic acids is 1. The summed E-state index contributed by atoms with van der Waals surface area (Å²) in [7, 11) is 0. The van der Waals surface area contributed by atoms with Gasteiger partial charge in [-0.1, -0.05) is 17.7 Å². The number of aromatic nitrogens is 2. The van der Waals surface area contributed by atoms with E-state index >= 15 is 0 Å². The fourth-order valence-corrected chi connectivity index (χ4v) is 4.91. The number of hydrogen-bond acceptors (Lipinski definition) is 7. The van der Waals surface area contributed by atoms with Crippen LogP contribution in [0.5, 0.6) is 5.75 Å². The Bertz CT molecular complexity index is 1290. The van der Waals surface area contributed by atoms with Gasteiger partial charge in [0, 0.05) is 41.8 Å². The summed E-state index contributed by atoms with van der Waals surface area (Å²) in [6.07, 6.45) is 7.15. The Balaban J connectivity index is 1.36. The number of halogens is 2. The monoisotopic (exact) mass is 511 g/mol. The van der Waals surface area contributed by atoms with Crippen molar-refractivity contribution in [3.8, 4) is 5.75 Å². The second kappa shape index (κ2) is 10.8. The molecular weight excluding hydrogens is 485 g/mol. The molecule has 8 nitrogen and oxygen atoms in total. The van der Waals surface area contributed by atoms with Crippen LogP contribution in [0.3, 0.4) is 0 Å².